The lowest BCUT2D eigenvalue weighted by Crippen LogP contribution is -2.42. The minimum Gasteiger partial charge on any atom is -0.353 e. The molecule has 1 amide bonds. The lowest BCUT2D eigenvalue weighted by Gasteiger charge is -2.27. The van der Waals surface area contributed by atoms with Gasteiger partial charge in [0.2, 0.25) is 5.91 Å². The van der Waals surface area contributed by atoms with E-state index in [9.17, 15) is 4.79 Å². The molecule has 1 saturated carbocycles. The van der Waals surface area contributed by atoms with Crippen molar-refractivity contribution in [1.82, 2.24) is 5.32 Å². The number of hydrogen-bond donors (Lipinski definition) is 3. The highest BCUT2D eigenvalue weighted by atomic mass is 16.1. The summed E-state index contributed by atoms with van der Waals surface area (Å²) in [6.07, 6.45) is 7.07. The molecule has 4 nitrogen and oxygen atoms in total. The Hall–Kier alpha value is -0.610. The van der Waals surface area contributed by atoms with Gasteiger partial charge in [-0.15, -0.1) is 0 Å². The summed E-state index contributed by atoms with van der Waals surface area (Å²) in [5.74, 6) is 0.291. The third kappa shape index (κ3) is 5.83. The highest BCUT2D eigenvalue weighted by Gasteiger charge is 2.22. The first-order valence-electron chi connectivity index (χ1n) is 7.30. The lowest BCUT2D eigenvalue weighted by molar-refractivity contribution is -0.125. The number of carbonyl (C=O) groups is 1. The first kappa shape index (κ1) is 15.4. The van der Waals surface area contributed by atoms with E-state index in [-0.39, 0.29) is 17.9 Å². The Morgan fingerprint density at radius 1 is 1.22 bits per heavy atom. The summed E-state index contributed by atoms with van der Waals surface area (Å²) < 4.78 is 0. The molecule has 0 aromatic heterocycles. The summed E-state index contributed by atoms with van der Waals surface area (Å²) in [5.41, 5.74) is 11.6. The molecule has 0 aromatic rings. The molecule has 2 atom stereocenters. The number of nitrogens with one attached hydrogen (secondary N) is 1. The van der Waals surface area contributed by atoms with E-state index in [0.29, 0.717) is 12.1 Å². The van der Waals surface area contributed by atoms with E-state index in [1.807, 2.05) is 13.8 Å². The van der Waals surface area contributed by atoms with Crippen molar-refractivity contribution in [3.05, 3.63) is 0 Å². The zero-order valence-corrected chi connectivity index (χ0v) is 11.8. The zero-order valence-electron chi connectivity index (χ0n) is 11.8. The van der Waals surface area contributed by atoms with E-state index in [1.165, 1.54) is 0 Å². The maximum absolute atomic E-state index is 12.0. The van der Waals surface area contributed by atoms with Crippen molar-refractivity contribution < 1.29 is 4.79 Å². The Morgan fingerprint density at radius 2 is 1.83 bits per heavy atom. The Morgan fingerprint density at radius 3 is 2.39 bits per heavy atom. The van der Waals surface area contributed by atoms with Crippen LogP contribution >= 0.6 is 0 Å². The second-order valence-corrected chi connectivity index (χ2v) is 5.93. The molecule has 0 spiro atoms. The van der Waals surface area contributed by atoms with Gasteiger partial charge >= 0.3 is 0 Å². The van der Waals surface area contributed by atoms with Crippen molar-refractivity contribution in [2.75, 3.05) is 0 Å². The van der Waals surface area contributed by atoms with Crippen LogP contribution in [0.15, 0.2) is 0 Å². The van der Waals surface area contributed by atoms with E-state index in [0.717, 1.165) is 44.9 Å². The molecule has 0 radical (unpaired) electrons. The van der Waals surface area contributed by atoms with E-state index >= 15 is 0 Å². The number of amides is 1. The fraction of sp³-hybridized carbons (Fsp3) is 0.929. The summed E-state index contributed by atoms with van der Waals surface area (Å²) >= 11 is 0. The van der Waals surface area contributed by atoms with Crippen molar-refractivity contribution >= 4 is 5.91 Å². The highest BCUT2D eigenvalue weighted by Crippen LogP contribution is 2.18. The summed E-state index contributed by atoms with van der Waals surface area (Å²) in [6, 6.07) is 0.912. The number of hydrogen-bond acceptors (Lipinski definition) is 3. The Kier molecular flexibility index (Phi) is 6.65. The number of carbonyl (C=O) groups excluding carboxylic acids is 1. The smallest absolute Gasteiger partial charge is 0.223 e. The van der Waals surface area contributed by atoms with Crippen LogP contribution in [0.1, 0.15) is 58.8 Å². The first-order chi connectivity index (χ1) is 8.49. The normalized spacial score (nSPS) is 27.6. The van der Waals surface area contributed by atoms with Crippen LogP contribution in [0.2, 0.25) is 0 Å². The van der Waals surface area contributed by atoms with Crippen LogP contribution in [0.25, 0.3) is 0 Å². The predicted molar refractivity (Wildman–Crippen MR) is 75.0 cm³/mol. The van der Waals surface area contributed by atoms with Crippen LogP contribution in [0.4, 0.5) is 0 Å². The summed E-state index contributed by atoms with van der Waals surface area (Å²) in [4.78, 5) is 12.0. The van der Waals surface area contributed by atoms with Crippen LogP contribution in [-0.4, -0.2) is 24.0 Å². The minimum absolute atomic E-state index is 0.0966. The molecule has 0 aromatic carbocycles. The van der Waals surface area contributed by atoms with Gasteiger partial charge < -0.3 is 16.8 Å². The Bertz CT molecular complexity index is 247. The molecule has 1 fully saturated rings. The predicted octanol–water partition coefficient (Wildman–Crippen LogP) is 1.53. The first-order valence-corrected chi connectivity index (χ1v) is 7.30. The molecular formula is C14H29N3O. The molecule has 0 heterocycles. The number of nitrogens with two attached hydrogens (primary N) is 2. The molecular weight excluding hydrogens is 226 g/mol. The summed E-state index contributed by atoms with van der Waals surface area (Å²) in [5, 5.41) is 3.15. The van der Waals surface area contributed by atoms with Gasteiger partial charge in [-0.1, -0.05) is 13.3 Å². The molecule has 2 unspecified atom stereocenters. The molecule has 1 rings (SSSR count). The van der Waals surface area contributed by atoms with Crippen molar-refractivity contribution in [2.45, 2.75) is 76.9 Å². The van der Waals surface area contributed by atoms with Gasteiger partial charge in [0, 0.05) is 24.0 Å². The van der Waals surface area contributed by atoms with Crippen molar-refractivity contribution in [2.24, 2.45) is 17.4 Å². The molecule has 1 aliphatic rings. The van der Waals surface area contributed by atoms with Gasteiger partial charge in [0.15, 0.2) is 0 Å². The van der Waals surface area contributed by atoms with Crippen LogP contribution in [-0.2, 0) is 4.79 Å². The van der Waals surface area contributed by atoms with Gasteiger partial charge in [-0.05, 0) is 45.4 Å². The third-order valence-electron chi connectivity index (χ3n) is 3.86. The molecule has 0 bridgehead atoms. The van der Waals surface area contributed by atoms with Crippen molar-refractivity contribution in [1.29, 1.82) is 0 Å². The second kappa shape index (κ2) is 7.74. The van der Waals surface area contributed by atoms with Crippen LogP contribution in [0, 0.1) is 5.92 Å². The maximum Gasteiger partial charge on any atom is 0.223 e. The summed E-state index contributed by atoms with van der Waals surface area (Å²) in [6.45, 7) is 4.01. The quantitative estimate of drug-likeness (QED) is 0.673. The average Bonchev–Trinajstić information content (AvgIpc) is 2.31. The second-order valence-electron chi connectivity index (χ2n) is 5.93. The van der Waals surface area contributed by atoms with Gasteiger partial charge in [0.1, 0.15) is 0 Å². The largest absolute Gasteiger partial charge is 0.353 e. The highest BCUT2D eigenvalue weighted by molar-refractivity contribution is 5.78. The minimum atomic E-state index is 0.0966. The molecule has 18 heavy (non-hydrogen) atoms. The lowest BCUT2D eigenvalue weighted by atomic mass is 9.91. The van der Waals surface area contributed by atoms with E-state index in [4.69, 9.17) is 11.5 Å². The Balaban J connectivity index is 2.18. The topological polar surface area (TPSA) is 81.1 Å². The standard InChI is InChI=1S/C14H29N3O/c1-10(4-3-5-11(2)15)14(18)17-13-8-6-12(16)7-9-13/h10-13H,3-9,15-16H2,1-2H3,(H,17,18). The van der Waals surface area contributed by atoms with Gasteiger partial charge in [0.05, 0.1) is 0 Å². The van der Waals surface area contributed by atoms with Gasteiger partial charge in [-0.25, -0.2) is 0 Å². The monoisotopic (exact) mass is 255 g/mol. The van der Waals surface area contributed by atoms with Gasteiger partial charge in [-0.3, -0.25) is 4.79 Å². The van der Waals surface area contributed by atoms with Gasteiger partial charge in [-0.2, -0.15) is 0 Å². The SMILES string of the molecule is CC(N)CCCC(C)C(=O)NC1CCC(N)CC1. The van der Waals surface area contributed by atoms with Crippen LogP contribution in [0.5, 0.6) is 0 Å². The van der Waals surface area contributed by atoms with Crippen molar-refractivity contribution in [3.8, 4) is 0 Å². The Labute approximate surface area is 111 Å². The van der Waals surface area contributed by atoms with Crippen LogP contribution < -0.4 is 16.8 Å². The number of rotatable bonds is 6. The fourth-order valence-electron chi connectivity index (χ4n) is 2.48. The van der Waals surface area contributed by atoms with E-state index in [2.05, 4.69) is 5.32 Å². The van der Waals surface area contributed by atoms with E-state index < -0.39 is 0 Å². The maximum atomic E-state index is 12.0. The molecule has 4 heteroatoms. The summed E-state index contributed by atoms with van der Waals surface area (Å²) in [7, 11) is 0. The zero-order chi connectivity index (χ0) is 13.5. The molecule has 106 valence electrons. The molecule has 5 N–H and O–H groups in total. The van der Waals surface area contributed by atoms with Crippen LogP contribution in [0.3, 0.4) is 0 Å². The van der Waals surface area contributed by atoms with Crippen molar-refractivity contribution in [3.63, 3.8) is 0 Å². The molecule has 0 saturated heterocycles. The average molecular weight is 255 g/mol. The van der Waals surface area contributed by atoms with E-state index in [1.54, 1.807) is 0 Å². The fourth-order valence-corrected chi connectivity index (χ4v) is 2.48. The van der Waals surface area contributed by atoms with Gasteiger partial charge in [0.25, 0.3) is 0 Å². The molecule has 0 aliphatic heterocycles. The molecule has 1 aliphatic carbocycles. The third-order valence-corrected chi connectivity index (χ3v) is 3.86.